The summed E-state index contributed by atoms with van der Waals surface area (Å²) in [6, 6.07) is 14.0. The number of pyridine rings is 1. The van der Waals surface area contributed by atoms with Gasteiger partial charge in [0.2, 0.25) is 0 Å². The van der Waals surface area contributed by atoms with E-state index in [1.54, 1.807) is 30.6 Å². The zero-order valence-corrected chi connectivity index (χ0v) is 17.3. The summed E-state index contributed by atoms with van der Waals surface area (Å²) in [7, 11) is -4.04. The number of nitrogens with one attached hydrogen (secondary N) is 2. The predicted molar refractivity (Wildman–Crippen MR) is 114 cm³/mol. The maximum absolute atomic E-state index is 13.8. The second-order valence-corrected chi connectivity index (χ2v) is 7.73. The lowest BCUT2D eigenvalue weighted by Gasteiger charge is -2.13. The molecule has 0 fully saturated rings. The van der Waals surface area contributed by atoms with Crippen molar-refractivity contribution in [2.45, 2.75) is 11.8 Å². The van der Waals surface area contributed by atoms with Gasteiger partial charge in [0.25, 0.3) is 10.0 Å². The minimum atomic E-state index is -4.04. The largest absolute Gasteiger partial charge is 0.492 e. The quantitative estimate of drug-likeness (QED) is 0.515. The lowest BCUT2D eigenvalue weighted by atomic mass is 10.2. The van der Waals surface area contributed by atoms with Crippen molar-refractivity contribution in [1.29, 1.82) is 0 Å². The Labute approximate surface area is 175 Å². The standard InChI is InChI=1S/C20H20FN3O3S.ClH/c1-15-12-17(24-28(25,26)20-5-3-2-4-19(20)21)14-18(13-15)27-11-10-23-16-6-8-22-9-7-16;/h2-9,12-14,24H,10-11H2,1H3,(H,22,23);1H. The summed E-state index contributed by atoms with van der Waals surface area (Å²) in [5.74, 6) is -0.288. The fourth-order valence-corrected chi connectivity index (χ4v) is 3.72. The molecule has 0 bridgehead atoms. The van der Waals surface area contributed by atoms with E-state index in [9.17, 15) is 12.8 Å². The van der Waals surface area contributed by atoms with Gasteiger partial charge >= 0.3 is 0 Å². The van der Waals surface area contributed by atoms with Crippen molar-refractivity contribution >= 4 is 33.8 Å². The van der Waals surface area contributed by atoms with Gasteiger partial charge in [0, 0.05) is 30.7 Å². The van der Waals surface area contributed by atoms with Crippen LogP contribution in [-0.2, 0) is 10.0 Å². The summed E-state index contributed by atoms with van der Waals surface area (Å²) in [5.41, 5.74) is 2.05. The molecule has 2 N–H and O–H groups in total. The van der Waals surface area contributed by atoms with Crippen LogP contribution < -0.4 is 14.8 Å². The molecule has 0 unspecified atom stereocenters. The highest BCUT2D eigenvalue weighted by molar-refractivity contribution is 7.92. The summed E-state index contributed by atoms with van der Waals surface area (Å²) in [4.78, 5) is 3.54. The maximum Gasteiger partial charge on any atom is 0.264 e. The zero-order valence-electron chi connectivity index (χ0n) is 15.6. The molecule has 1 heterocycles. The molecule has 0 atom stereocenters. The van der Waals surface area contributed by atoms with Crippen molar-refractivity contribution in [3.05, 3.63) is 78.4 Å². The smallest absolute Gasteiger partial charge is 0.264 e. The molecular formula is C20H21ClFN3O3S. The van der Waals surface area contributed by atoms with E-state index in [1.165, 1.54) is 18.2 Å². The zero-order chi connectivity index (χ0) is 20.0. The van der Waals surface area contributed by atoms with Crippen molar-refractivity contribution in [3.8, 4) is 5.75 Å². The van der Waals surface area contributed by atoms with Gasteiger partial charge in [0.05, 0.1) is 5.69 Å². The third kappa shape index (κ3) is 6.33. The molecule has 0 amide bonds. The Kier molecular flexibility index (Phi) is 7.81. The Morgan fingerprint density at radius 2 is 1.76 bits per heavy atom. The molecule has 9 heteroatoms. The van der Waals surface area contributed by atoms with Crippen LogP contribution in [0.3, 0.4) is 0 Å². The molecule has 2 aromatic carbocycles. The first-order valence-electron chi connectivity index (χ1n) is 8.60. The normalized spacial score (nSPS) is 10.7. The number of anilines is 2. The Bertz CT molecular complexity index is 1050. The minimum absolute atomic E-state index is 0. The van der Waals surface area contributed by atoms with Gasteiger partial charge in [-0.1, -0.05) is 12.1 Å². The van der Waals surface area contributed by atoms with E-state index < -0.39 is 20.7 Å². The second kappa shape index (κ2) is 10.1. The number of sulfonamides is 1. The van der Waals surface area contributed by atoms with Crippen LogP contribution in [0, 0.1) is 12.7 Å². The van der Waals surface area contributed by atoms with E-state index in [0.717, 1.165) is 17.3 Å². The highest BCUT2D eigenvalue weighted by atomic mass is 35.5. The SMILES string of the molecule is Cc1cc(NS(=O)(=O)c2ccccc2F)cc(OCCNc2ccncc2)c1.Cl. The van der Waals surface area contributed by atoms with E-state index in [4.69, 9.17) is 4.74 Å². The number of rotatable bonds is 8. The van der Waals surface area contributed by atoms with Gasteiger partial charge in [-0.3, -0.25) is 9.71 Å². The molecule has 1 aromatic heterocycles. The van der Waals surface area contributed by atoms with Crippen LogP contribution in [0.15, 0.2) is 71.9 Å². The summed E-state index contributed by atoms with van der Waals surface area (Å²) >= 11 is 0. The number of halogens is 2. The summed E-state index contributed by atoms with van der Waals surface area (Å²) in [6.45, 7) is 2.77. The number of ether oxygens (including phenoxy) is 1. The molecule has 0 aliphatic rings. The number of aromatic nitrogens is 1. The predicted octanol–water partition coefficient (Wildman–Crippen LogP) is 4.24. The summed E-state index contributed by atoms with van der Waals surface area (Å²) in [5, 5.41) is 3.19. The van der Waals surface area contributed by atoms with E-state index in [0.29, 0.717) is 24.6 Å². The van der Waals surface area contributed by atoms with Crippen LogP contribution in [0.25, 0.3) is 0 Å². The Morgan fingerprint density at radius 1 is 1.03 bits per heavy atom. The monoisotopic (exact) mass is 437 g/mol. The highest BCUT2D eigenvalue weighted by Crippen LogP contribution is 2.24. The third-order valence-electron chi connectivity index (χ3n) is 3.81. The van der Waals surface area contributed by atoms with Crippen molar-refractivity contribution in [1.82, 2.24) is 4.98 Å². The van der Waals surface area contributed by atoms with Gasteiger partial charge in [0.15, 0.2) is 0 Å². The van der Waals surface area contributed by atoms with Crippen LogP contribution in [0.1, 0.15) is 5.56 Å². The van der Waals surface area contributed by atoms with Crippen LogP contribution in [0.2, 0.25) is 0 Å². The van der Waals surface area contributed by atoms with Crippen LogP contribution in [0.5, 0.6) is 5.75 Å². The molecule has 0 spiro atoms. The van der Waals surface area contributed by atoms with Gasteiger partial charge < -0.3 is 10.1 Å². The van der Waals surface area contributed by atoms with Gasteiger partial charge in [-0.15, -0.1) is 12.4 Å². The number of benzene rings is 2. The molecular weight excluding hydrogens is 417 g/mol. The summed E-state index contributed by atoms with van der Waals surface area (Å²) in [6.07, 6.45) is 3.38. The van der Waals surface area contributed by atoms with Gasteiger partial charge in [0.1, 0.15) is 23.1 Å². The molecule has 0 saturated heterocycles. The fourth-order valence-electron chi connectivity index (χ4n) is 2.60. The fraction of sp³-hybridized carbons (Fsp3) is 0.150. The second-order valence-electron chi connectivity index (χ2n) is 6.08. The first-order valence-corrected chi connectivity index (χ1v) is 10.1. The first kappa shape index (κ1) is 22.4. The Balaban J connectivity index is 0.00000300. The molecule has 29 heavy (non-hydrogen) atoms. The average Bonchev–Trinajstić information content (AvgIpc) is 2.65. The molecule has 0 aliphatic heterocycles. The van der Waals surface area contributed by atoms with Crippen LogP contribution in [-0.4, -0.2) is 26.6 Å². The lowest BCUT2D eigenvalue weighted by molar-refractivity contribution is 0.333. The molecule has 154 valence electrons. The van der Waals surface area contributed by atoms with E-state index in [-0.39, 0.29) is 12.4 Å². The number of hydrogen-bond acceptors (Lipinski definition) is 5. The molecule has 0 radical (unpaired) electrons. The van der Waals surface area contributed by atoms with Gasteiger partial charge in [-0.2, -0.15) is 0 Å². The first-order chi connectivity index (χ1) is 13.4. The van der Waals surface area contributed by atoms with Crippen molar-refractivity contribution in [2.75, 3.05) is 23.2 Å². The van der Waals surface area contributed by atoms with Crippen molar-refractivity contribution < 1.29 is 17.5 Å². The molecule has 0 saturated carbocycles. The molecule has 0 aliphatic carbocycles. The Morgan fingerprint density at radius 3 is 2.48 bits per heavy atom. The average molecular weight is 438 g/mol. The van der Waals surface area contributed by atoms with Gasteiger partial charge in [-0.25, -0.2) is 12.8 Å². The minimum Gasteiger partial charge on any atom is -0.492 e. The molecule has 3 rings (SSSR count). The maximum atomic E-state index is 13.8. The molecule has 6 nitrogen and oxygen atoms in total. The van der Waals surface area contributed by atoms with Crippen molar-refractivity contribution in [3.63, 3.8) is 0 Å². The van der Waals surface area contributed by atoms with Gasteiger partial charge in [-0.05, 0) is 48.9 Å². The number of nitrogens with zero attached hydrogens (tertiary/aromatic N) is 1. The highest BCUT2D eigenvalue weighted by Gasteiger charge is 2.19. The topological polar surface area (TPSA) is 80.3 Å². The van der Waals surface area contributed by atoms with E-state index in [1.807, 2.05) is 19.1 Å². The van der Waals surface area contributed by atoms with Crippen LogP contribution in [0.4, 0.5) is 15.8 Å². The third-order valence-corrected chi connectivity index (χ3v) is 5.22. The van der Waals surface area contributed by atoms with Crippen LogP contribution >= 0.6 is 12.4 Å². The number of aryl methyl sites for hydroxylation is 1. The van der Waals surface area contributed by atoms with Crippen molar-refractivity contribution in [2.24, 2.45) is 0 Å². The summed E-state index contributed by atoms with van der Waals surface area (Å²) < 4.78 is 46.9. The Hall–Kier alpha value is -2.84. The van der Waals surface area contributed by atoms with E-state index >= 15 is 0 Å². The number of hydrogen-bond donors (Lipinski definition) is 2. The molecule has 3 aromatic rings. The van der Waals surface area contributed by atoms with E-state index in [2.05, 4.69) is 15.0 Å². The lowest BCUT2D eigenvalue weighted by Crippen LogP contribution is -2.15.